The van der Waals surface area contributed by atoms with E-state index in [1.54, 1.807) is 0 Å². The average molecular weight is 249 g/mol. The number of thiocarbonyl (C=S) groups is 1. The van der Waals surface area contributed by atoms with E-state index in [-0.39, 0.29) is 0 Å². The second kappa shape index (κ2) is 6.12. The molecule has 1 aliphatic rings. The number of hydrogen-bond donors (Lipinski definition) is 1. The van der Waals surface area contributed by atoms with Crippen LogP contribution in [0.4, 0.5) is 5.69 Å². The van der Waals surface area contributed by atoms with Crippen molar-refractivity contribution in [2.45, 2.75) is 26.2 Å². The van der Waals surface area contributed by atoms with Gasteiger partial charge < -0.3 is 10.1 Å². The van der Waals surface area contributed by atoms with Crippen LogP contribution in [-0.2, 0) is 4.74 Å². The van der Waals surface area contributed by atoms with Crippen molar-refractivity contribution in [1.82, 2.24) is 0 Å². The van der Waals surface area contributed by atoms with Crippen molar-refractivity contribution in [2.24, 2.45) is 5.92 Å². The van der Waals surface area contributed by atoms with Crippen LogP contribution < -0.4 is 5.32 Å². The van der Waals surface area contributed by atoms with Gasteiger partial charge in [0.1, 0.15) is 0 Å². The second-order valence-corrected chi connectivity index (χ2v) is 5.17. The number of nitrogens with one attached hydrogen (secondary N) is 1. The average Bonchev–Trinajstić information content (AvgIpc) is 2.30. The van der Waals surface area contributed by atoms with Gasteiger partial charge in [0, 0.05) is 25.3 Å². The van der Waals surface area contributed by atoms with Crippen LogP contribution in [0.2, 0.25) is 0 Å². The molecule has 0 bridgehead atoms. The van der Waals surface area contributed by atoms with E-state index >= 15 is 0 Å². The monoisotopic (exact) mass is 249 g/mol. The Hall–Kier alpha value is -0.930. The van der Waals surface area contributed by atoms with Crippen LogP contribution >= 0.6 is 12.2 Å². The van der Waals surface area contributed by atoms with Gasteiger partial charge in [-0.2, -0.15) is 0 Å². The molecular formula is C14H19NOS. The third-order valence-electron chi connectivity index (χ3n) is 3.12. The third kappa shape index (κ3) is 4.10. The first-order chi connectivity index (χ1) is 8.24. The minimum Gasteiger partial charge on any atom is -0.381 e. The lowest BCUT2D eigenvalue weighted by atomic mass is 9.96. The predicted octanol–water partition coefficient (Wildman–Crippen LogP) is 3.55. The maximum Gasteiger partial charge on any atom is 0.0800 e. The Morgan fingerprint density at radius 3 is 2.88 bits per heavy atom. The summed E-state index contributed by atoms with van der Waals surface area (Å²) >= 11 is 5.41. The quantitative estimate of drug-likeness (QED) is 0.828. The van der Waals surface area contributed by atoms with Gasteiger partial charge in [-0.05, 0) is 43.4 Å². The Labute approximate surface area is 108 Å². The van der Waals surface area contributed by atoms with Crippen LogP contribution in [0.1, 0.15) is 24.8 Å². The number of ether oxygens (including phenoxy) is 1. The first-order valence-corrected chi connectivity index (χ1v) is 6.59. The molecule has 0 spiro atoms. The second-order valence-electron chi connectivity index (χ2n) is 4.68. The minimum absolute atomic E-state index is 0.688. The maximum absolute atomic E-state index is 5.41. The van der Waals surface area contributed by atoms with Gasteiger partial charge in [0.25, 0.3) is 0 Å². The normalized spacial score (nSPS) is 16.8. The Kier molecular flexibility index (Phi) is 4.51. The Morgan fingerprint density at radius 1 is 1.41 bits per heavy atom. The summed E-state index contributed by atoms with van der Waals surface area (Å²) in [4.78, 5) is 0.947. The SMILES string of the molecule is Cc1cccc(NC(=S)CC2CCOCC2)c1. The summed E-state index contributed by atoms with van der Waals surface area (Å²) in [6.07, 6.45) is 3.25. The molecule has 1 aliphatic heterocycles. The summed E-state index contributed by atoms with van der Waals surface area (Å²) in [6, 6.07) is 8.32. The highest BCUT2D eigenvalue weighted by molar-refractivity contribution is 7.80. The highest BCUT2D eigenvalue weighted by atomic mass is 32.1. The van der Waals surface area contributed by atoms with Crippen LogP contribution in [0.25, 0.3) is 0 Å². The molecule has 92 valence electrons. The summed E-state index contributed by atoms with van der Waals surface area (Å²) in [5.74, 6) is 0.688. The minimum atomic E-state index is 0.688. The zero-order valence-electron chi connectivity index (χ0n) is 10.2. The Morgan fingerprint density at radius 2 is 2.18 bits per heavy atom. The lowest BCUT2D eigenvalue weighted by molar-refractivity contribution is 0.0686. The van der Waals surface area contributed by atoms with E-state index in [2.05, 4.69) is 36.5 Å². The lowest BCUT2D eigenvalue weighted by Crippen LogP contribution is -2.21. The molecule has 1 heterocycles. The number of rotatable bonds is 3. The summed E-state index contributed by atoms with van der Waals surface area (Å²) in [7, 11) is 0. The molecule has 0 radical (unpaired) electrons. The molecule has 1 aromatic rings. The maximum atomic E-state index is 5.41. The van der Waals surface area contributed by atoms with Crippen molar-refractivity contribution >= 4 is 22.9 Å². The molecule has 0 aliphatic carbocycles. The van der Waals surface area contributed by atoms with Crippen LogP contribution in [0, 0.1) is 12.8 Å². The molecule has 0 saturated carbocycles. The lowest BCUT2D eigenvalue weighted by Gasteiger charge is -2.22. The van der Waals surface area contributed by atoms with E-state index in [1.807, 2.05) is 0 Å². The highest BCUT2D eigenvalue weighted by Crippen LogP contribution is 2.20. The molecule has 17 heavy (non-hydrogen) atoms. The van der Waals surface area contributed by atoms with Crippen molar-refractivity contribution in [3.05, 3.63) is 29.8 Å². The molecule has 2 nitrogen and oxygen atoms in total. The standard InChI is InChI=1S/C14H19NOS/c1-11-3-2-4-13(9-11)15-14(17)10-12-5-7-16-8-6-12/h2-4,9,12H,5-8,10H2,1H3,(H,15,17). The molecule has 2 rings (SSSR count). The highest BCUT2D eigenvalue weighted by Gasteiger charge is 2.15. The first kappa shape index (κ1) is 12.5. The molecule has 1 fully saturated rings. The fourth-order valence-corrected chi connectivity index (χ4v) is 2.50. The van der Waals surface area contributed by atoms with Crippen LogP contribution in [0.5, 0.6) is 0 Å². The summed E-state index contributed by atoms with van der Waals surface area (Å²) in [6.45, 7) is 3.86. The van der Waals surface area contributed by atoms with E-state index in [0.29, 0.717) is 5.92 Å². The summed E-state index contributed by atoms with van der Waals surface area (Å²) < 4.78 is 5.35. The topological polar surface area (TPSA) is 21.3 Å². The zero-order valence-corrected chi connectivity index (χ0v) is 11.1. The Balaban J connectivity index is 1.84. The molecular weight excluding hydrogens is 230 g/mol. The van der Waals surface area contributed by atoms with Gasteiger partial charge >= 0.3 is 0 Å². The smallest absolute Gasteiger partial charge is 0.0800 e. The molecule has 1 saturated heterocycles. The van der Waals surface area contributed by atoms with E-state index in [4.69, 9.17) is 17.0 Å². The van der Waals surface area contributed by atoms with E-state index in [0.717, 1.165) is 43.2 Å². The van der Waals surface area contributed by atoms with Crippen molar-refractivity contribution < 1.29 is 4.74 Å². The van der Waals surface area contributed by atoms with Gasteiger partial charge in [0.05, 0.1) is 4.99 Å². The molecule has 1 aromatic carbocycles. The van der Waals surface area contributed by atoms with Gasteiger partial charge in [-0.15, -0.1) is 0 Å². The van der Waals surface area contributed by atoms with E-state index < -0.39 is 0 Å². The van der Waals surface area contributed by atoms with Crippen molar-refractivity contribution in [2.75, 3.05) is 18.5 Å². The van der Waals surface area contributed by atoms with E-state index in [9.17, 15) is 0 Å². The first-order valence-electron chi connectivity index (χ1n) is 6.18. The molecule has 0 aromatic heterocycles. The van der Waals surface area contributed by atoms with Gasteiger partial charge in [-0.25, -0.2) is 0 Å². The summed E-state index contributed by atoms with van der Waals surface area (Å²) in [5, 5.41) is 3.32. The third-order valence-corrected chi connectivity index (χ3v) is 3.39. The fraction of sp³-hybridized carbons (Fsp3) is 0.500. The Bertz CT molecular complexity index is 386. The van der Waals surface area contributed by atoms with Crippen molar-refractivity contribution in [3.63, 3.8) is 0 Å². The van der Waals surface area contributed by atoms with Crippen LogP contribution in [0.3, 0.4) is 0 Å². The number of anilines is 1. The molecule has 0 atom stereocenters. The number of hydrogen-bond acceptors (Lipinski definition) is 2. The number of aryl methyl sites for hydroxylation is 1. The number of benzene rings is 1. The van der Waals surface area contributed by atoms with Crippen LogP contribution in [-0.4, -0.2) is 18.2 Å². The zero-order chi connectivity index (χ0) is 12.1. The van der Waals surface area contributed by atoms with Gasteiger partial charge in [0.2, 0.25) is 0 Å². The van der Waals surface area contributed by atoms with Gasteiger partial charge in [-0.3, -0.25) is 0 Å². The van der Waals surface area contributed by atoms with Gasteiger partial charge in [-0.1, -0.05) is 24.4 Å². The van der Waals surface area contributed by atoms with Crippen molar-refractivity contribution in [3.8, 4) is 0 Å². The largest absolute Gasteiger partial charge is 0.381 e. The van der Waals surface area contributed by atoms with Crippen LogP contribution in [0.15, 0.2) is 24.3 Å². The van der Waals surface area contributed by atoms with E-state index in [1.165, 1.54) is 5.56 Å². The molecule has 0 unspecified atom stereocenters. The van der Waals surface area contributed by atoms with Gasteiger partial charge in [0.15, 0.2) is 0 Å². The summed E-state index contributed by atoms with van der Waals surface area (Å²) in [5.41, 5.74) is 2.35. The van der Waals surface area contributed by atoms with Crippen molar-refractivity contribution in [1.29, 1.82) is 0 Å². The predicted molar refractivity (Wildman–Crippen MR) is 75.6 cm³/mol. The molecule has 1 N–H and O–H groups in total. The molecule has 3 heteroatoms. The molecule has 0 amide bonds. The fourth-order valence-electron chi connectivity index (χ4n) is 2.15.